The van der Waals surface area contributed by atoms with Crippen molar-refractivity contribution >= 4 is 15.9 Å². The van der Waals surface area contributed by atoms with Gasteiger partial charge in [-0.1, -0.05) is 25.3 Å². The molecule has 1 aromatic rings. The molecule has 3 heteroatoms. The van der Waals surface area contributed by atoms with Crippen LogP contribution in [-0.4, -0.2) is 13.7 Å². The molecule has 0 radical (unpaired) electrons. The first-order valence-corrected chi connectivity index (χ1v) is 7.47. The van der Waals surface area contributed by atoms with E-state index in [9.17, 15) is 0 Å². The summed E-state index contributed by atoms with van der Waals surface area (Å²) in [6.45, 7) is 2.84. The molecule has 0 bridgehead atoms. The van der Waals surface area contributed by atoms with E-state index in [2.05, 4.69) is 35.0 Å². The molecule has 18 heavy (non-hydrogen) atoms. The average Bonchev–Trinajstić information content (AvgIpc) is 2.41. The fourth-order valence-electron chi connectivity index (χ4n) is 3.08. The molecule has 2 nitrogen and oxygen atoms in total. The topological polar surface area (TPSA) is 35.2 Å². The summed E-state index contributed by atoms with van der Waals surface area (Å²) in [6, 6.07) is 4.34. The first kappa shape index (κ1) is 13.9. The number of ether oxygens (including phenoxy) is 1. The van der Waals surface area contributed by atoms with E-state index in [1.54, 1.807) is 7.11 Å². The molecule has 0 aliphatic heterocycles. The molecule has 1 aliphatic carbocycles. The molecule has 0 unspecified atom stereocenters. The first-order valence-electron chi connectivity index (χ1n) is 6.67. The van der Waals surface area contributed by atoms with E-state index in [0.29, 0.717) is 0 Å². The third-order valence-corrected chi connectivity index (χ3v) is 4.99. The molecule has 2 rings (SSSR count). The minimum atomic E-state index is 0.135. The Hall–Kier alpha value is -0.540. The van der Waals surface area contributed by atoms with E-state index in [1.165, 1.54) is 43.2 Å². The maximum absolute atomic E-state index is 6.12. The second-order valence-electron chi connectivity index (χ2n) is 5.37. The minimum Gasteiger partial charge on any atom is -0.496 e. The molecular formula is C15H22BrNO. The lowest BCUT2D eigenvalue weighted by Gasteiger charge is -2.38. The molecule has 0 amide bonds. The van der Waals surface area contributed by atoms with Gasteiger partial charge in [0.05, 0.1) is 11.6 Å². The van der Waals surface area contributed by atoms with Gasteiger partial charge in [0.25, 0.3) is 0 Å². The predicted molar refractivity (Wildman–Crippen MR) is 79.2 cm³/mol. The SMILES string of the molecule is COc1cc(C)cc(C2(CN)CCCCC2)c1Br. The monoisotopic (exact) mass is 311 g/mol. The number of nitrogens with two attached hydrogens (primary N) is 1. The van der Waals surface area contributed by atoms with Crippen LogP contribution in [0, 0.1) is 6.92 Å². The molecule has 1 aromatic carbocycles. The minimum absolute atomic E-state index is 0.135. The number of halogens is 1. The largest absolute Gasteiger partial charge is 0.496 e. The summed E-state index contributed by atoms with van der Waals surface area (Å²) in [4.78, 5) is 0. The van der Waals surface area contributed by atoms with Gasteiger partial charge in [-0.15, -0.1) is 0 Å². The molecule has 100 valence electrons. The van der Waals surface area contributed by atoms with E-state index in [1.807, 2.05) is 0 Å². The molecule has 0 heterocycles. The lowest BCUT2D eigenvalue weighted by atomic mass is 9.69. The van der Waals surface area contributed by atoms with Crippen molar-refractivity contribution in [1.82, 2.24) is 0 Å². The molecule has 1 fully saturated rings. The first-order chi connectivity index (χ1) is 8.63. The number of hydrogen-bond donors (Lipinski definition) is 1. The molecule has 1 aliphatic rings. The van der Waals surface area contributed by atoms with Crippen molar-refractivity contribution in [3.05, 3.63) is 27.7 Å². The fourth-order valence-corrected chi connectivity index (χ4v) is 3.89. The second-order valence-corrected chi connectivity index (χ2v) is 6.17. The molecule has 0 aromatic heterocycles. The highest BCUT2D eigenvalue weighted by Crippen LogP contribution is 2.44. The average molecular weight is 312 g/mol. The second kappa shape index (κ2) is 5.62. The summed E-state index contributed by atoms with van der Waals surface area (Å²) in [5.41, 5.74) is 8.83. The Balaban J connectivity index is 2.50. The van der Waals surface area contributed by atoms with Crippen LogP contribution in [0.25, 0.3) is 0 Å². The van der Waals surface area contributed by atoms with Crippen molar-refractivity contribution in [2.45, 2.75) is 44.4 Å². The number of hydrogen-bond acceptors (Lipinski definition) is 2. The van der Waals surface area contributed by atoms with Crippen LogP contribution in [0.4, 0.5) is 0 Å². The molecule has 1 saturated carbocycles. The van der Waals surface area contributed by atoms with Crippen LogP contribution in [0.5, 0.6) is 5.75 Å². The van der Waals surface area contributed by atoms with Crippen molar-refractivity contribution in [3.8, 4) is 5.75 Å². The van der Waals surface area contributed by atoms with Crippen LogP contribution in [0.2, 0.25) is 0 Å². The summed E-state index contributed by atoms with van der Waals surface area (Å²) in [7, 11) is 1.72. The van der Waals surface area contributed by atoms with Gasteiger partial charge in [0.1, 0.15) is 5.75 Å². The highest BCUT2D eigenvalue weighted by Gasteiger charge is 2.35. The third-order valence-electron chi connectivity index (χ3n) is 4.18. The van der Waals surface area contributed by atoms with Gasteiger partial charge in [-0.25, -0.2) is 0 Å². The maximum atomic E-state index is 6.12. The number of methoxy groups -OCH3 is 1. The zero-order valence-electron chi connectivity index (χ0n) is 11.3. The van der Waals surface area contributed by atoms with Gasteiger partial charge >= 0.3 is 0 Å². The number of rotatable bonds is 3. The van der Waals surface area contributed by atoms with Crippen LogP contribution in [-0.2, 0) is 5.41 Å². The molecule has 0 atom stereocenters. The van der Waals surface area contributed by atoms with Crippen molar-refractivity contribution in [3.63, 3.8) is 0 Å². The highest BCUT2D eigenvalue weighted by molar-refractivity contribution is 9.10. The van der Waals surface area contributed by atoms with E-state index < -0.39 is 0 Å². The Bertz CT molecular complexity index is 425. The van der Waals surface area contributed by atoms with Crippen LogP contribution >= 0.6 is 15.9 Å². The smallest absolute Gasteiger partial charge is 0.133 e. The maximum Gasteiger partial charge on any atom is 0.133 e. The van der Waals surface area contributed by atoms with Crippen LogP contribution in [0.3, 0.4) is 0 Å². The Morgan fingerprint density at radius 3 is 2.50 bits per heavy atom. The van der Waals surface area contributed by atoms with Crippen LogP contribution < -0.4 is 10.5 Å². The van der Waals surface area contributed by atoms with E-state index in [-0.39, 0.29) is 5.41 Å². The Kier molecular flexibility index (Phi) is 4.33. The summed E-state index contributed by atoms with van der Waals surface area (Å²) < 4.78 is 6.55. The Morgan fingerprint density at radius 2 is 1.94 bits per heavy atom. The van der Waals surface area contributed by atoms with Crippen molar-refractivity contribution in [1.29, 1.82) is 0 Å². The van der Waals surface area contributed by atoms with Gasteiger partial charge < -0.3 is 10.5 Å². The number of aryl methyl sites for hydroxylation is 1. The van der Waals surface area contributed by atoms with Crippen molar-refractivity contribution in [2.75, 3.05) is 13.7 Å². The molecular weight excluding hydrogens is 290 g/mol. The quantitative estimate of drug-likeness (QED) is 0.918. The van der Waals surface area contributed by atoms with Gasteiger partial charge in [-0.2, -0.15) is 0 Å². The normalized spacial score (nSPS) is 18.7. The van der Waals surface area contributed by atoms with Gasteiger partial charge in [0.15, 0.2) is 0 Å². The van der Waals surface area contributed by atoms with Gasteiger partial charge in [0, 0.05) is 12.0 Å². The predicted octanol–water partition coefficient (Wildman–Crippen LogP) is 3.93. The van der Waals surface area contributed by atoms with Crippen LogP contribution in [0.15, 0.2) is 16.6 Å². The van der Waals surface area contributed by atoms with E-state index in [4.69, 9.17) is 10.5 Å². The van der Waals surface area contributed by atoms with Crippen molar-refractivity contribution < 1.29 is 4.74 Å². The summed E-state index contributed by atoms with van der Waals surface area (Å²) >= 11 is 3.71. The molecule has 0 saturated heterocycles. The summed E-state index contributed by atoms with van der Waals surface area (Å²) in [5.74, 6) is 0.920. The van der Waals surface area contributed by atoms with Gasteiger partial charge in [-0.05, 0) is 52.9 Å². The lowest BCUT2D eigenvalue weighted by Crippen LogP contribution is -2.37. The van der Waals surface area contributed by atoms with Gasteiger partial charge in [0.2, 0.25) is 0 Å². The lowest BCUT2D eigenvalue weighted by molar-refractivity contribution is 0.298. The Labute approximate surface area is 118 Å². The zero-order chi connectivity index (χ0) is 13.2. The van der Waals surface area contributed by atoms with E-state index in [0.717, 1.165) is 16.8 Å². The standard InChI is InChI=1S/C15H22BrNO/c1-11-8-12(14(16)13(9-11)18-2)15(10-17)6-4-3-5-7-15/h8-9H,3-7,10,17H2,1-2H3. The highest BCUT2D eigenvalue weighted by atomic mass is 79.9. The van der Waals surface area contributed by atoms with Crippen molar-refractivity contribution in [2.24, 2.45) is 5.73 Å². The van der Waals surface area contributed by atoms with Gasteiger partial charge in [-0.3, -0.25) is 0 Å². The third kappa shape index (κ3) is 2.43. The fraction of sp³-hybridized carbons (Fsp3) is 0.600. The summed E-state index contributed by atoms with van der Waals surface area (Å²) in [6.07, 6.45) is 6.27. The van der Waals surface area contributed by atoms with Crippen LogP contribution in [0.1, 0.15) is 43.2 Å². The van der Waals surface area contributed by atoms with E-state index >= 15 is 0 Å². The Morgan fingerprint density at radius 1 is 1.28 bits per heavy atom. The zero-order valence-corrected chi connectivity index (χ0v) is 12.8. The summed E-state index contributed by atoms with van der Waals surface area (Å²) in [5, 5.41) is 0. The number of benzene rings is 1. The molecule has 0 spiro atoms. The molecule has 2 N–H and O–H groups in total.